The first-order valence-corrected chi connectivity index (χ1v) is 7.48. The Balaban J connectivity index is 2.24. The lowest BCUT2D eigenvalue weighted by Gasteiger charge is -2.14. The molecule has 0 fully saturated rings. The van der Waals surface area contributed by atoms with Crippen LogP contribution in [0.3, 0.4) is 0 Å². The first-order chi connectivity index (χ1) is 8.80. The van der Waals surface area contributed by atoms with Crippen molar-refractivity contribution in [1.82, 2.24) is 15.1 Å². The second-order valence-electron chi connectivity index (χ2n) is 5.10. The molecule has 1 aromatic rings. The summed E-state index contributed by atoms with van der Waals surface area (Å²) in [5.74, 6) is 0. The average molecular weight is 251 g/mol. The van der Waals surface area contributed by atoms with Crippen LogP contribution < -0.4 is 5.32 Å². The van der Waals surface area contributed by atoms with Gasteiger partial charge in [-0.25, -0.2) is 0 Å². The van der Waals surface area contributed by atoms with Gasteiger partial charge in [-0.05, 0) is 32.4 Å². The van der Waals surface area contributed by atoms with Crippen LogP contribution in [0.15, 0.2) is 12.4 Å². The summed E-state index contributed by atoms with van der Waals surface area (Å²) in [5, 5.41) is 7.76. The standard InChI is InChI=1S/C15H29N3/c1-4-6-7-8-9-10-15(16-3)11-14-12-17-18(5-2)13-14/h12-13,15-16H,4-11H2,1-3H3. The van der Waals surface area contributed by atoms with Crippen molar-refractivity contribution < 1.29 is 0 Å². The molecule has 0 radical (unpaired) electrons. The van der Waals surface area contributed by atoms with Crippen molar-refractivity contribution in [3.63, 3.8) is 0 Å². The van der Waals surface area contributed by atoms with E-state index in [0.29, 0.717) is 6.04 Å². The van der Waals surface area contributed by atoms with E-state index in [2.05, 4.69) is 37.5 Å². The zero-order valence-corrected chi connectivity index (χ0v) is 12.3. The third kappa shape index (κ3) is 5.67. The quantitative estimate of drug-likeness (QED) is 0.646. The zero-order valence-electron chi connectivity index (χ0n) is 12.3. The maximum absolute atomic E-state index is 4.33. The van der Waals surface area contributed by atoms with Crippen LogP contribution >= 0.6 is 0 Å². The maximum atomic E-state index is 4.33. The largest absolute Gasteiger partial charge is 0.317 e. The number of nitrogens with one attached hydrogen (secondary N) is 1. The zero-order chi connectivity index (χ0) is 13.2. The molecule has 1 aromatic heterocycles. The topological polar surface area (TPSA) is 29.9 Å². The third-order valence-corrected chi connectivity index (χ3v) is 3.56. The van der Waals surface area contributed by atoms with Crippen molar-refractivity contribution >= 4 is 0 Å². The second kappa shape index (κ2) is 9.15. The number of rotatable bonds is 10. The lowest BCUT2D eigenvalue weighted by molar-refractivity contribution is 0.481. The first-order valence-electron chi connectivity index (χ1n) is 7.48. The molecule has 0 amide bonds. The van der Waals surface area contributed by atoms with Crippen molar-refractivity contribution in [3.05, 3.63) is 18.0 Å². The Morgan fingerprint density at radius 2 is 2.00 bits per heavy atom. The number of hydrogen-bond donors (Lipinski definition) is 1. The molecule has 0 spiro atoms. The summed E-state index contributed by atoms with van der Waals surface area (Å²) < 4.78 is 2.00. The van der Waals surface area contributed by atoms with E-state index in [9.17, 15) is 0 Å². The van der Waals surface area contributed by atoms with E-state index in [4.69, 9.17) is 0 Å². The van der Waals surface area contributed by atoms with E-state index in [1.165, 1.54) is 44.1 Å². The Labute approximate surface area is 112 Å². The molecule has 1 rings (SSSR count). The fraction of sp³-hybridized carbons (Fsp3) is 0.800. The summed E-state index contributed by atoms with van der Waals surface area (Å²) in [6.07, 6.45) is 13.4. The Kier molecular flexibility index (Phi) is 7.74. The number of unbranched alkanes of at least 4 members (excludes halogenated alkanes) is 4. The molecule has 3 nitrogen and oxygen atoms in total. The minimum Gasteiger partial charge on any atom is -0.317 e. The SMILES string of the molecule is CCCCCCCC(Cc1cnn(CC)c1)NC. The average Bonchev–Trinajstić information content (AvgIpc) is 2.84. The van der Waals surface area contributed by atoms with Gasteiger partial charge in [-0.15, -0.1) is 0 Å². The van der Waals surface area contributed by atoms with E-state index in [1.807, 2.05) is 10.9 Å². The van der Waals surface area contributed by atoms with Gasteiger partial charge in [-0.3, -0.25) is 4.68 Å². The molecule has 1 heterocycles. The van der Waals surface area contributed by atoms with E-state index in [-0.39, 0.29) is 0 Å². The van der Waals surface area contributed by atoms with Gasteiger partial charge < -0.3 is 5.32 Å². The summed E-state index contributed by atoms with van der Waals surface area (Å²) in [6.45, 7) is 5.35. The van der Waals surface area contributed by atoms with Gasteiger partial charge in [0.05, 0.1) is 6.20 Å². The molecule has 0 aliphatic rings. The molecule has 1 unspecified atom stereocenters. The Morgan fingerprint density at radius 3 is 2.61 bits per heavy atom. The van der Waals surface area contributed by atoms with Crippen LogP contribution in [-0.4, -0.2) is 22.9 Å². The number of aromatic nitrogens is 2. The highest BCUT2D eigenvalue weighted by Gasteiger charge is 2.08. The van der Waals surface area contributed by atoms with Crippen LogP contribution in [0.4, 0.5) is 0 Å². The van der Waals surface area contributed by atoms with Crippen LogP contribution in [0.2, 0.25) is 0 Å². The van der Waals surface area contributed by atoms with Gasteiger partial charge in [-0.2, -0.15) is 5.10 Å². The molecule has 1 N–H and O–H groups in total. The number of hydrogen-bond acceptors (Lipinski definition) is 2. The first kappa shape index (κ1) is 15.2. The summed E-state index contributed by atoms with van der Waals surface area (Å²) in [7, 11) is 2.07. The predicted molar refractivity (Wildman–Crippen MR) is 77.8 cm³/mol. The summed E-state index contributed by atoms with van der Waals surface area (Å²) in [5.41, 5.74) is 1.35. The van der Waals surface area contributed by atoms with E-state index in [0.717, 1.165) is 13.0 Å². The molecule has 0 saturated heterocycles. The molecule has 3 heteroatoms. The molecular formula is C15H29N3. The van der Waals surface area contributed by atoms with Gasteiger partial charge in [0.1, 0.15) is 0 Å². The van der Waals surface area contributed by atoms with Gasteiger partial charge in [0, 0.05) is 18.8 Å². The van der Waals surface area contributed by atoms with Gasteiger partial charge in [-0.1, -0.05) is 39.0 Å². The molecule has 104 valence electrons. The van der Waals surface area contributed by atoms with Crippen LogP contribution in [0.5, 0.6) is 0 Å². The molecule has 18 heavy (non-hydrogen) atoms. The fourth-order valence-corrected chi connectivity index (χ4v) is 2.31. The minimum atomic E-state index is 0.598. The molecule has 1 atom stereocenters. The predicted octanol–water partition coefficient (Wildman–Crippen LogP) is 3.39. The smallest absolute Gasteiger partial charge is 0.0522 e. The number of aryl methyl sites for hydroxylation is 1. The van der Waals surface area contributed by atoms with Crippen LogP contribution in [0, 0.1) is 0 Å². The lowest BCUT2D eigenvalue weighted by Crippen LogP contribution is -2.27. The molecule has 0 aromatic carbocycles. The van der Waals surface area contributed by atoms with E-state index >= 15 is 0 Å². The van der Waals surface area contributed by atoms with Crippen molar-refractivity contribution in [1.29, 1.82) is 0 Å². The Bertz CT molecular complexity index is 306. The molecule has 0 bridgehead atoms. The minimum absolute atomic E-state index is 0.598. The summed E-state index contributed by atoms with van der Waals surface area (Å²) in [4.78, 5) is 0. The third-order valence-electron chi connectivity index (χ3n) is 3.56. The van der Waals surface area contributed by atoms with Crippen LogP contribution in [-0.2, 0) is 13.0 Å². The summed E-state index contributed by atoms with van der Waals surface area (Å²) in [6, 6.07) is 0.598. The lowest BCUT2D eigenvalue weighted by atomic mass is 10.0. The van der Waals surface area contributed by atoms with Gasteiger partial charge in [0.25, 0.3) is 0 Å². The second-order valence-corrected chi connectivity index (χ2v) is 5.10. The van der Waals surface area contributed by atoms with Crippen molar-refractivity contribution in [2.75, 3.05) is 7.05 Å². The number of likely N-dealkylation sites (N-methyl/N-ethyl adjacent to an activating group) is 1. The monoisotopic (exact) mass is 251 g/mol. The fourth-order valence-electron chi connectivity index (χ4n) is 2.31. The normalized spacial score (nSPS) is 12.8. The molecule has 0 aliphatic carbocycles. The van der Waals surface area contributed by atoms with Crippen LogP contribution in [0.1, 0.15) is 57.9 Å². The van der Waals surface area contributed by atoms with Crippen molar-refractivity contribution in [3.8, 4) is 0 Å². The molecule has 0 aliphatic heterocycles. The van der Waals surface area contributed by atoms with E-state index < -0.39 is 0 Å². The molecule has 0 saturated carbocycles. The highest BCUT2D eigenvalue weighted by atomic mass is 15.3. The number of nitrogens with zero attached hydrogens (tertiary/aromatic N) is 2. The highest BCUT2D eigenvalue weighted by molar-refractivity contribution is 5.06. The Hall–Kier alpha value is -0.830. The van der Waals surface area contributed by atoms with Gasteiger partial charge in [0.2, 0.25) is 0 Å². The maximum Gasteiger partial charge on any atom is 0.0522 e. The summed E-state index contributed by atoms with van der Waals surface area (Å²) >= 11 is 0. The van der Waals surface area contributed by atoms with E-state index in [1.54, 1.807) is 0 Å². The molecular weight excluding hydrogens is 222 g/mol. The Morgan fingerprint density at radius 1 is 1.22 bits per heavy atom. The van der Waals surface area contributed by atoms with Gasteiger partial charge in [0.15, 0.2) is 0 Å². The van der Waals surface area contributed by atoms with Crippen molar-refractivity contribution in [2.24, 2.45) is 0 Å². The highest BCUT2D eigenvalue weighted by Crippen LogP contribution is 2.11. The van der Waals surface area contributed by atoms with Crippen LogP contribution in [0.25, 0.3) is 0 Å². The van der Waals surface area contributed by atoms with Crippen molar-refractivity contribution in [2.45, 2.75) is 71.4 Å². The van der Waals surface area contributed by atoms with Gasteiger partial charge >= 0.3 is 0 Å².